The largest absolute Gasteiger partial charge is 0.408 e. The van der Waals surface area contributed by atoms with Crippen molar-refractivity contribution in [1.82, 2.24) is 5.32 Å². The number of amides is 1. The maximum Gasteiger partial charge on any atom is 0.217 e. The highest BCUT2D eigenvalue weighted by molar-refractivity contribution is 6.74. The minimum absolute atomic E-state index is 0.0747. The molecule has 0 fully saturated rings. The molecule has 5 heteroatoms. The lowest BCUT2D eigenvalue weighted by Gasteiger charge is -2.40. The Kier molecular flexibility index (Phi) is 16.6. The molecule has 0 spiro atoms. The van der Waals surface area contributed by atoms with E-state index in [1.807, 2.05) is 0 Å². The van der Waals surface area contributed by atoms with Gasteiger partial charge in [-0.25, -0.2) is 0 Å². The summed E-state index contributed by atoms with van der Waals surface area (Å²) < 4.78 is 6.54. The van der Waals surface area contributed by atoms with Gasteiger partial charge in [0.05, 0.1) is 18.8 Å². The number of nitrogens with one attached hydrogen (secondary N) is 1. The summed E-state index contributed by atoms with van der Waals surface area (Å²) in [4.78, 5) is 11.6. The molecule has 0 unspecified atom stereocenters. The zero-order valence-electron chi connectivity index (χ0n) is 21.8. The summed E-state index contributed by atoms with van der Waals surface area (Å²) in [7, 11) is -2.02. The summed E-state index contributed by atoms with van der Waals surface area (Å²) >= 11 is 0. The SMILES string of the molecule is CCCCCCCCCCCCC/C=C/[C@@H](O[Si](C)(C)C(C)(C)C)[C@H](CO)NC(C)=O. The van der Waals surface area contributed by atoms with E-state index >= 15 is 0 Å². The number of aliphatic hydroxyl groups excluding tert-OH is 1. The molecule has 0 radical (unpaired) electrons. The van der Waals surface area contributed by atoms with Gasteiger partial charge in [0.15, 0.2) is 8.32 Å². The smallest absolute Gasteiger partial charge is 0.217 e. The third kappa shape index (κ3) is 14.9. The second-order valence-electron chi connectivity index (χ2n) is 10.6. The van der Waals surface area contributed by atoms with E-state index in [-0.39, 0.29) is 23.7 Å². The first-order valence-electron chi connectivity index (χ1n) is 12.8. The number of unbranched alkanes of at least 4 members (excludes halogenated alkanes) is 11. The van der Waals surface area contributed by atoms with Crippen LogP contribution in [0.15, 0.2) is 12.2 Å². The van der Waals surface area contributed by atoms with Gasteiger partial charge in [0.1, 0.15) is 0 Å². The molecule has 4 nitrogen and oxygen atoms in total. The fourth-order valence-electron chi connectivity index (χ4n) is 3.42. The van der Waals surface area contributed by atoms with Crippen molar-refractivity contribution in [3.8, 4) is 0 Å². The molecule has 0 aromatic carbocycles. The Morgan fingerprint density at radius 3 is 1.87 bits per heavy atom. The minimum atomic E-state index is -2.02. The standard InChI is InChI=1S/C26H53NO3Si/c1-8-9-10-11-12-13-14-15-16-17-18-19-20-21-25(24(22-28)27-23(2)29)30-31(6,7)26(3,4)5/h20-21,24-25,28H,8-19,22H2,1-7H3,(H,27,29)/b21-20+/t24-,25+/m0/s1. The first kappa shape index (κ1) is 30.3. The molecule has 2 N–H and O–H groups in total. The van der Waals surface area contributed by atoms with Crippen LogP contribution in [0.2, 0.25) is 18.1 Å². The molecule has 0 aromatic rings. The van der Waals surface area contributed by atoms with Crippen LogP contribution < -0.4 is 5.32 Å². The fraction of sp³-hybridized carbons (Fsp3) is 0.885. The van der Waals surface area contributed by atoms with Gasteiger partial charge in [-0.3, -0.25) is 4.79 Å². The fourth-order valence-corrected chi connectivity index (χ4v) is 4.70. The van der Waals surface area contributed by atoms with Crippen LogP contribution in [0.3, 0.4) is 0 Å². The predicted octanol–water partition coefficient (Wildman–Crippen LogP) is 7.13. The second kappa shape index (κ2) is 16.9. The van der Waals surface area contributed by atoms with E-state index in [2.05, 4.69) is 58.3 Å². The van der Waals surface area contributed by atoms with Gasteiger partial charge < -0.3 is 14.8 Å². The number of carbonyl (C=O) groups excluding carboxylic acids is 1. The lowest BCUT2D eigenvalue weighted by molar-refractivity contribution is -0.120. The van der Waals surface area contributed by atoms with Crippen LogP contribution in [0.4, 0.5) is 0 Å². The average molecular weight is 456 g/mol. The normalized spacial score (nSPS) is 14.7. The van der Waals surface area contributed by atoms with E-state index in [0.29, 0.717) is 0 Å². The zero-order valence-corrected chi connectivity index (χ0v) is 22.8. The third-order valence-corrected chi connectivity index (χ3v) is 11.0. The number of aliphatic hydroxyl groups is 1. The van der Waals surface area contributed by atoms with E-state index in [1.54, 1.807) is 0 Å². The zero-order chi connectivity index (χ0) is 23.8. The summed E-state index contributed by atoms with van der Waals surface area (Å²) in [6.07, 6.45) is 19.8. The van der Waals surface area contributed by atoms with Crippen LogP contribution in [-0.4, -0.2) is 38.1 Å². The minimum Gasteiger partial charge on any atom is -0.408 e. The van der Waals surface area contributed by atoms with Crippen molar-refractivity contribution in [3.63, 3.8) is 0 Å². The van der Waals surface area contributed by atoms with E-state index in [4.69, 9.17) is 4.43 Å². The third-order valence-electron chi connectivity index (χ3n) is 6.52. The van der Waals surface area contributed by atoms with E-state index in [1.165, 1.54) is 77.6 Å². The highest BCUT2D eigenvalue weighted by Crippen LogP contribution is 2.37. The number of carbonyl (C=O) groups is 1. The molecule has 0 saturated heterocycles. The Balaban J connectivity index is 4.38. The maximum atomic E-state index is 11.6. The Bertz CT molecular complexity index is 486. The summed E-state index contributed by atoms with van der Waals surface area (Å²) in [6, 6.07) is -0.403. The van der Waals surface area contributed by atoms with Crippen LogP contribution in [0.1, 0.15) is 112 Å². The summed E-state index contributed by atoms with van der Waals surface area (Å²) in [5.41, 5.74) is 0. The molecule has 0 saturated carbocycles. The molecule has 0 aliphatic carbocycles. The Morgan fingerprint density at radius 1 is 0.968 bits per heavy atom. The summed E-state index contributed by atoms with van der Waals surface area (Å²) in [6.45, 7) is 14.7. The van der Waals surface area contributed by atoms with Crippen LogP contribution in [-0.2, 0) is 9.22 Å². The molecule has 184 valence electrons. The van der Waals surface area contributed by atoms with Gasteiger partial charge in [0, 0.05) is 6.92 Å². The molecule has 0 rings (SSSR count). The van der Waals surface area contributed by atoms with Gasteiger partial charge in [-0.1, -0.05) is 104 Å². The first-order chi connectivity index (χ1) is 14.5. The summed E-state index contributed by atoms with van der Waals surface area (Å²) in [5.74, 6) is -0.137. The van der Waals surface area contributed by atoms with Crippen LogP contribution in [0, 0.1) is 0 Å². The van der Waals surface area contributed by atoms with Crippen molar-refractivity contribution in [1.29, 1.82) is 0 Å². The Hall–Kier alpha value is -0.653. The molecule has 1 amide bonds. The van der Waals surface area contributed by atoms with Crippen LogP contribution in [0.25, 0.3) is 0 Å². The van der Waals surface area contributed by atoms with Gasteiger partial charge in [-0.15, -0.1) is 0 Å². The lowest BCUT2D eigenvalue weighted by Crippen LogP contribution is -2.52. The highest BCUT2D eigenvalue weighted by Gasteiger charge is 2.40. The number of hydrogen-bond donors (Lipinski definition) is 2. The Labute approximate surface area is 194 Å². The maximum absolute atomic E-state index is 11.6. The van der Waals surface area contributed by atoms with Gasteiger partial charge in [0.2, 0.25) is 5.91 Å². The van der Waals surface area contributed by atoms with Gasteiger partial charge in [-0.2, -0.15) is 0 Å². The molecule has 2 atom stereocenters. The number of rotatable bonds is 18. The van der Waals surface area contributed by atoms with Gasteiger partial charge >= 0.3 is 0 Å². The van der Waals surface area contributed by atoms with Crippen molar-refractivity contribution in [3.05, 3.63) is 12.2 Å². The van der Waals surface area contributed by atoms with Crippen LogP contribution in [0.5, 0.6) is 0 Å². The molecular weight excluding hydrogens is 402 g/mol. The molecule has 0 aliphatic rings. The second-order valence-corrected chi connectivity index (χ2v) is 15.3. The van der Waals surface area contributed by atoms with Gasteiger partial charge in [0.25, 0.3) is 0 Å². The van der Waals surface area contributed by atoms with Crippen LogP contribution >= 0.6 is 0 Å². The monoisotopic (exact) mass is 455 g/mol. The highest BCUT2D eigenvalue weighted by atomic mass is 28.4. The quantitative estimate of drug-likeness (QED) is 0.131. The van der Waals surface area contributed by atoms with E-state index < -0.39 is 14.4 Å². The summed E-state index contributed by atoms with van der Waals surface area (Å²) in [5, 5.41) is 12.8. The first-order valence-corrected chi connectivity index (χ1v) is 15.7. The van der Waals surface area contributed by atoms with Crippen molar-refractivity contribution < 1.29 is 14.3 Å². The molecule has 0 bridgehead atoms. The Morgan fingerprint density at radius 2 is 1.45 bits per heavy atom. The van der Waals surface area contributed by atoms with E-state index in [9.17, 15) is 9.90 Å². The van der Waals surface area contributed by atoms with Gasteiger partial charge in [-0.05, 0) is 31.0 Å². The number of hydrogen-bond acceptors (Lipinski definition) is 3. The van der Waals surface area contributed by atoms with Crippen molar-refractivity contribution >= 4 is 14.2 Å². The van der Waals surface area contributed by atoms with Crippen molar-refractivity contribution in [2.45, 2.75) is 142 Å². The van der Waals surface area contributed by atoms with Crippen molar-refractivity contribution in [2.24, 2.45) is 0 Å². The topological polar surface area (TPSA) is 58.6 Å². The molecule has 0 heterocycles. The van der Waals surface area contributed by atoms with E-state index in [0.717, 1.165) is 6.42 Å². The molecule has 0 aliphatic heterocycles. The average Bonchev–Trinajstić information content (AvgIpc) is 2.67. The molecular formula is C26H53NO3Si. The molecule has 0 aromatic heterocycles. The lowest BCUT2D eigenvalue weighted by atomic mass is 10.0. The number of allylic oxidation sites excluding steroid dienone is 1. The molecule has 31 heavy (non-hydrogen) atoms. The van der Waals surface area contributed by atoms with Crippen molar-refractivity contribution in [2.75, 3.05) is 6.61 Å². The predicted molar refractivity (Wildman–Crippen MR) is 137 cm³/mol.